The highest BCUT2D eigenvalue weighted by atomic mass is 28.2. The first-order chi connectivity index (χ1) is 8.92. The number of benzene rings is 2. The van der Waals surface area contributed by atoms with Crippen LogP contribution in [0, 0.1) is 0 Å². The van der Waals surface area contributed by atoms with E-state index in [2.05, 4.69) is 67.6 Å². The van der Waals surface area contributed by atoms with Gasteiger partial charge in [-0.15, -0.1) is 0 Å². The van der Waals surface area contributed by atoms with Crippen LogP contribution in [-0.4, -0.2) is 9.52 Å². The molecule has 1 heteroatoms. The van der Waals surface area contributed by atoms with Gasteiger partial charge in [0.25, 0.3) is 0 Å². The Hall–Kier alpha value is -1.34. The van der Waals surface area contributed by atoms with E-state index in [1.54, 1.807) is 0 Å². The topological polar surface area (TPSA) is 0 Å². The first-order valence-electron chi connectivity index (χ1n) is 6.85. The standard InChI is InChI=1S/C17H21Si/c1-2-3-14-18-17(15-10-6-4-7-11-15)16-12-8-5-9-13-16/h4-13,17-18H,2-3,14H2,1H3. The van der Waals surface area contributed by atoms with Crippen molar-refractivity contribution in [3.63, 3.8) is 0 Å². The molecule has 0 fully saturated rings. The van der Waals surface area contributed by atoms with Gasteiger partial charge < -0.3 is 0 Å². The summed E-state index contributed by atoms with van der Waals surface area (Å²) in [7, 11) is 0.451. The highest BCUT2D eigenvalue weighted by Gasteiger charge is 2.13. The van der Waals surface area contributed by atoms with Crippen LogP contribution in [0.25, 0.3) is 0 Å². The quantitative estimate of drug-likeness (QED) is 0.528. The van der Waals surface area contributed by atoms with Crippen molar-refractivity contribution in [2.45, 2.75) is 31.4 Å². The van der Waals surface area contributed by atoms with Gasteiger partial charge in [0.2, 0.25) is 0 Å². The molecule has 0 saturated carbocycles. The molecule has 0 spiro atoms. The second-order valence-corrected chi connectivity index (χ2v) is 6.39. The number of rotatable bonds is 6. The van der Waals surface area contributed by atoms with Crippen molar-refractivity contribution in [2.75, 3.05) is 0 Å². The average Bonchev–Trinajstić information content (AvgIpc) is 2.46. The molecule has 0 saturated heterocycles. The monoisotopic (exact) mass is 253 g/mol. The van der Waals surface area contributed by atoms with E-state index < -0.39 is 0 Å². The van der Waals surface area contributed by atoms with Gasteiger partial charge in [0.05, 0.1) is 0 Å². The minimum atomic E-state index is 0.451. The molecule has 1 radical (unpaired) electrons. The van der Waals surface area contributed by atoms with Gasteiger partial charge in [-0.05, 0) is 16.7 Å². The average molecular weight is 253 g/mol. The fourth-order valence-electron chi connectivity index (χ4n) is 2.27. The summed E-state index contributed by atoms with van der Waals surface area (Å²) in [4.78, 5) is 0. The summed E-state index contributed by atoms with van der Waals surface area (Å²) in [6.45, 7) is 2.28. The Morgan fingerprint density at radius 1 is 0.833 bits per heavy atom. The SMILES string of the molecule is CCCC[SiH]C(c1ccccc1)c1ccccc1. The highest BCUT2D eigenvalue weighted by Crippen LogP contribution is 2.24. The summed E-state index contributed by atoms with van der Waals surface area (Å²) in [5.41, 5.74) is 3.60. The van der Waals surface area contributed by atoms with E-state index in [4.69, 9.17) is 0 Å². The van der Waals surface area contributed by atoms with Crippen LogP contribution in [0.15, 0.2) is 60.7 Å². The Bertz CT molecular complexity index is 396. The smallest absolute Gasteiger partial charge is 0.0431 e. The van der Waals surface area contributed by atoms with E-state index >= 15 is 0 Å². The zero-order valence-electron chi connectivity index (χ0n) is 11.0. The van der Waals surface area contributed by atoms with Crippen molar-refractivity contribution in [1.29, 1.82) is 0 Å². The third kappa shape index (κ3) is 3.57. The Kier molecular flexibility index (Phi) is 5.22. The van der Waals surface area contributed by atoms with Crippen molar-refractivity contribution in [3.05, 3.63) is 71.8 Å². The molecule has 0 aliphatic rings. The van der Waals surface area contributed by atoms with E-state index in [0.717, 1.165) is 0 Å². The van der Waals surface area contributed by atoms with Crippen LogP contribution in [0.3, 0.4) is 0 Å². The largest absolute Gasteiger partial charge is 0.0654 e. The fraction of sp³-hybridized carbons (Fsp3) is 0.294. The lowest BCUT2D eigenvalue weighted by Crippen LogP contribution is -2.09. The van der Waals surface area contributed by atoms with E-state index in [1.165, 1.54) is 30.0 Å². The molecular formula is C17H21Si. The molecule has 0 N–H and O–H groups in total. The second kappa shape index (κ2) is 7.17. The zero-order chi connectivity index (χ0) is 12.6. The predicted octanol–water partition coefficient (Wildman–Crippen LogP) is 4.43. The van der Waals surface area contributed by atoms with Crippen molar-refractivity contribution in [2.24, 2.45) is 0 Å². The lowest BCUT2D eigenvalue weighted by molar-refractivity contribution is 0.872. The molecule has 0 heterocycles. The molecule has 0 unspecified atom stereocenters. The van der Waals surface area contributed by atoms with Gasteiger partial charge in [-0.1, -0.05) is 86.5 Å². The van der Waals surface area contributed by atoms with Crippen LogP contribution in [0.1, 0.15) is 36.4 Å². The van der Waals surface area contributed by atoms with Crippen LogP contribution in [0.4, 0.5) is 0 Å². The first-order valence-corrected chi connectivity index (χ1v) is 8.33. The van der Waals surface area contributed by atoms with Gasteiger partial charge in [0.15, 0.2) is 0 Å². The third-order valence-electron chi connectivity index (χ3n) is 3.28. The van der Waals surface area contributed by atoms with Crippen LogP contribution < -0.4 is 0 Å². The van der Waals surface area contributed by atoms with Crippen molar-refractivity contribution >= 4 is 9.52 Å². The lowest BCUT2D eigenvalue weighted by atomic mass is 10.0. The summed E-state index contributed by atoms with van der Waals surface area (Å²) in [6.07, 6.45) is 2.68. The van der Waals surface area contributed by atoms with Gasteiger partial charge in [0, 0.05) is 9.52 Å². The number of hydrogen-bond donors (Lipinski definition) is 0. The lowest BCUT2D eigenvalue weighted by Gasteiger charge is -2.17. The maximum Gasteiger partial charge on any atom is 0.0431 e. The molecule has 18 heavy (non-hydrogen) atoms. The van der Waals surface area contributed by atoms with Gasteiger partial charge in [-0.3, -0.25) is 0 Å². The van der Waals surface area contributed by atoms with E-state index in [1.807, 2.05) is 0 Å². The van der Waals surface area contributed by atoms with Gasteiger partial charge in [0.1, 0.15) is 0 Å². The molecule has 0 amide bonds. The summed E-state index contributed by atoms with van der Waals surface area (Å²) in [5.74, 6) is 0. The molecule has 2 rings (SSSR count). The van der Waals surface area contributed by atoms with Crippen molar-refractivity contribution in [1.82, 2.24) is 0 Å². The molecule has 0 aliphatic heterocycles. The van der Waals surface area contributed by atoms with Crippen LogP contribution >= 0.6 is 0 Å². The summed E-state index contributed by atoms with van der Waals surface area (Å²) in [5, 5.41) is 0. The summed E-state index contributed by atoms with van der Waals surface area (Å²) >= 11 is 0. The fourth-order valence-corrected chi connectivity index (χ4v) is 4.24. The summed E-state index contributed by atoms with van der Waals surface area (Å²) < 4.78 is 0. The first kappa shape index (κ1) is 13.1. The number of hydrogen-bond acceptors (Lipinski definition) is 0. The van der Waals surface area contributed by atoms with Gasteiger partial charge in [-0.2, -0.15) is 0 Å². The van der Waals surface area contributed by atoms with E-state index in [9.17, 15) is 0 Å². The molecule has 2 aromatic rings. The van der Waals surface area contributed by atoms with Crippen molar-refractivity contribution in [3.8, 4) is 0 Å². The molecule has 0 aromatic heterocycles. The Morgan fingerprint density at radius 3 is 1.78 bits per heavy atom. The van der Waals surface area contributed by atoms with Gasteiger partial charge >= 0.3 is 0 Å². The molecule has 0 nitrogen and oxygen atoms in total. The zero-order valence-corrected chi connectivity index (χ0v) is 12.2. The molecule has 93 valence electrons. The van der Waals surface area contributed by atoms with Crippen LogP contribution in [0.2, 0.25) is 6.04 Å². The van der Waals surface area contributed by atoms with Crippen LogP contribution in [0.5, 0.6) is 0 Å². The minimum Gasteiger partial charge on any atom is -0.0654 e. The third-order valence-corrected chi connectivity index (χ3v) is 5.26. The van der Waals surface area contributed by atoms with Crippen molar-refractivity contribution < 1.29 is 0 Å². The Morgan fingerprint density at radius 2 is 1.33 bits per heavy atom. The summed E-state index contributed by atoms with van der Waals surface area (Å²) in [6, 6.07) is 23.3. The molecule has 0 atom stereocenters. The second-order valence-electron chi connectivity index (χ2n) is 4.68. The maximum atomic E-state index is 2.28. The number of unbranched alkanes of at least 4 members (excludes halogenated alkanes) is 1. The molecule has 0 aliphatic carbocycles. The Labute approximate surface area is 113 Å². The predicted molar refractivity (Wildman–Crippen MR) is 81.6 cm³/mol. The maximum absolute atomic E-state index is 2.28. The minimum absolute atomic E-state index is 0.451. The van der Waals surface area contributed by atoms with Crippen LogP contribution in [-0.2, 0) is 0 Å². The highest BCUT2D eigenvalue weighted by molar-refractivity contribution is 6.39. The molecule has 2 aromatic carbocycles. The van der Waals surface area contributed by atoms with E-state index in [-0.39, 0.29) is 0 Å². The molecular weight excluding hydrogens is 232 g/mol. The van der Waals surface area contributed by atoms with E-state index in [0.29, 0.717) is 15.1 Å². The Balaban J connectivity index is 2.18. The normalized spacial score (nSPS) is 10.8. The van der Waals surface area contributed by atoms with Gasteiger partial charge in [-0.25, -0.2) is 0 Å². The molecule has 0 bridgehead atoms.